The van der Waals surface area contributed by atoms with Crippen LogP contribution in [-0.4, -0.2) is 52.2 Å². The number of nitrogens with zero attached hydrogens (tertiary/aromatic N) is 2. The maximum atomic E-state index is 13.6. The fourth-order valence-corrected chi connectivity index (χ4v) is 5.46. The summed E-state index contributed by atoms with van der Waals surface area (Å²) in [6.07, 6.45) is -2.34. The second-order valence-electron chi connectivity index (χ2n) is 9.45. The number of carboxylic acids is 1. The summed E-state index contributed by atoms with van der Waals surface area (Å²) < 4.78 is 40.9. The molecule has 0 amide bonds. The van der Waals surface area contributed by atoms with Crippen LogP contribution in [0.2, 0.25) is 0 Å². The number of aliphatic hydroxyl groups is 2. The van der Waals surface area contributed by atoms with Gasteiger partial charge in [0.2, 0.25) is 0 Å². The number of hydrogen-bond acceptors (Lipinski definition) is 8. The largest absolute Gasteiger partial charge is 1.00 e. The number of carboxylic acid groups (broad SMARTS) is 1. The van der Waals surface area contributed by atoms with Crippen LogP contribution in [0.1, 0.15) is 50.7 Å². The van der Waals surface area contributed by atoms with Gasteiger partial charge < -0.3 is 24.7 Å². The molecule has 0 bridgehead atoms. The smallest absolute Gasteiger partial charge is 0.550 e. The van der Waals surface area contributed by atoms with Crippen molar-refractivity contribution in [3.05, 3.63) is 71.9 Å². The van der Waals surface area contributed by atoms with Crippen LogP contribution in [0.5, 0.6) is 0 Å². The van der Waals surface area contributed by atoms with Gasteiger partial charge in [0.15, 0.2) is 9.84 Å². The SMILES string of the molecule is CC(C)n1c(CNCS(=O)(=O)c2ccccc2)nc(-c2ccc(F)cc2)c1CC[C@@H](O)C[C@@H](O)CC(=O)[O-].[Na+]. The number of halogens is 1. The van der Waals surface area contributed by atoms with Crippen molar-refractivity contribution < 1.29 is 62.5 Å². The number of aromatic nitrogens is 2. The number of benzene rings is 2. The first kappa shape index (κ1) is 33.1. The van der Waals surface area contributed by atoms with Gasteiger partial charge in [-0.25, -0.2) is 17.8 Å². The van der Waals surface area contributed by atoms with E-state index in [0.717, 1.165) is 5.69 Å². The molecule has 0 radical (unpaired) electrons. The van der Waals surface area contributed by atoms with E-state index in [1.165, 1.54) is 24.3 Å². The molecular weight excluding hydrogens is 536 g/mol. The second kappa shape index (κ2) is 15.0. The quantitative estimate of drug-likeness (QED) is 0.209. The molecule has 3 N–H and O–H groups in total. The molecule has 39 heavy (non-hydrogen) atoms. The molecule has 9 nitrogen and oxygen atoms in total. The molecule has 0 fully saturated rings. The summed E-state index contributed by atoms with van der Waals surface area (Å²) in [4.78, 5) is 15.7. The standard InChI is InChI=1S/C27H34FN3O6S.Na/c1-18(2)31-24(13-12-21(32)14-22(33)15-26(34)35)27(19-8-10-20(28)11-9-19)30-25(31)16-29-17-38(36,37)23-6-4-3-5-7-23;/h3-11,18,21-22,29,32-33H,12-17H2,1-2H3,(H,34,35);/q;+1/p-1/t21-,22-;/m1./s1. The topological polar surface area (TPSA) is 145 Å². The Bertz CT molecular complexity index is 1320. The minimum Gasteiger partial charge on any atom is -0.550 e. The predicted molar refractivity (Wildman–Crippen MR) is 138 cm³/mol. The zero-order valence-corrected chi connectivity index (χ0v) is 25.2. The van der Waals surface area contributed by atoms with Gasteiger partial charge in [-0.3, -0.25) is 5.32 Å². The Morgan fingerprint density at radius 2 is 1.72 bits per heavy atom. The first-order chi connectivity index (χ1) is 18.0. The average Bonchev–Trinajstić information content (AvgIpc) is 3.21. The molecule has 2 aromatic carbocycles. The monoisotopic (exact) mass is 569 g/mol. The minimum absolute atomic E-state index is 0. The van der Waals surface area contributed by atoms with Crippen LogP contribution in [0.3, 0.4) is 0 Å². The van der Waals surface area contributed by atoms with Gasteiger partial charge in [-0.05, 0) is 69.5 Å². The van der Waals surface area contributed by atoms with E-state index in [9.17, 15) is 32.9 Å². The molecule has 0 aliphatic rings. The molecule has 1 aromatic heterocycles. The van der Waals surface area contributed by atoms with Crippen molar-refractivity contribution in [3.63, 3.8) is 0 Å². The van der Waals surface area contributed by atoms with Crippen LogP contribution < -0.4 is 40.0 Å². The molecule has 206 valence electrons. The summed E-state index contributed by atoms with van der Waals surface area (Å²) in [7, 11) is -3.56. The van der Waals surface area contributed by atoms with Crippen molar-refractivity contribution in [3.8, 4) is 11.3 Å². The van der Waals surface area contributed by atoms with Crippen molar-refractivity contribution in [2.24, 2.45) is 0 Å². The first-order valence-corrected chi connectivity index (χ1v) is 14.0. The third-order valence-electron chi connectivity index (χ3n) is 6.06. The van der Waals surface area contributed by atoms with Crippen molar-refractivity contribution in [2.75, 3.05) is 5.88 Å². The number of aliphatic carboxylic acids is 1. The number of carbonyl (C=O) groups excluding carboxylic acids is 1. The Balaban J connectivity index is 0.00000533. The van der Waals surface area contributed by atoms with E-state index >= 15 is 0 Å². The van der Waals surface area contributed by atoms with Crippen molar-refractivity contribution in [1.82, 2.24) is 14.9 Å². The number of sulfone groups is 1. The molecule has 2 atom stereocenters. The molecule has 0 saturated carbocycles. The zero-order chi connectivity index (χ0) is 27.9. The Kier molecular flexibility index (Phi) is 12.8. The third-order valence-corrected chi connectivity index (χ3v) is 7.63. The van der Waals surface area contributed by atoms with E-state index < -0.39 is 40.3 Å². The van der Waals surface area contributed by atoms with E-state index in [0.29, 0.717) is 23.5 Å². The maximum Gasteiger partial charge on any atom is 1.00 e. The van der Waals surface area contributed by atoms with Gasteiger partial charge in [0, 0.05) is 29.7 Å². The Morgan fingerprint density at radius 3 is 2.31 bits per heavy atom. The van der Waals surface area contributed by atoms with Crippen LogP contribution in [0.25, 0.3) is 11.3 Å². The normalized spacial score (nSPS) is 13.2. The Morgan fingerprint density at radius 1 is 1.08 bits per heavy atom. The first-order valence-electron chi connectivity index (χ1n) is 12.4. The molecule has 0 saturated heterocycles. The van der Waals surface area contributed by atoms with Gasteiger partial charge in [0.1, 0.15) is 17.5 Å². The molecule has 0 unspecified atom stereocenters. The van der Waals surface area contributed by atoms with E-state index in [-0.39, 0.29) is 65.8 Å². The molecule has 0 aliphatic heterocycles. The van der Waals surface area contributed by atoms with Gasteiger partial charge >= 0.3 is 29.6 Å². The Labute approximate surface area is 250 Å². The number of rotatable bonds is 14. The van der Waals surface area contributed by atoms with Crippen LogP contribution >= 0.6 is 0 Å². The zero-order valence-electron chi connectivity index (χ0n) is 22.4. The number of aliphatic hydroxyl groups excluding tert-OH is 2. The van der Waals surface area contributed by atoms with Crippen LogP contribution in [0.15, 0.2) is 59.5 Å². The number of hydrogen-bond donors (Lipinski definition) is 3. The minimum atomic E-state index is -3.56. The van der Waals surface area contributed by atoms with Gasteiger partial charge in [-0.15, -0.1) is 0 Å². The summed E-state index contributed by atoms with van der Waals surface area (Å²) in [5.41, 5.74) is 1.98. The van der Waals surface area contributed by atoms with Crippen molar-refractivity contribution in [2.45, 2.75) is 69.2 Å². The molecule has 3 rings (SSSR count). The van der Waals surface area contributed by atoms with E-state index in [2.05, 4.69) is 5.32 Å². The van der Waals surface area contributed by atoms with Crippen LogP contribution in [0.4, 0.5) is 4.39 Å². The molecule has 3 aromatic rings. The summed E-state index contributed by atoms with van der Waals surface area (Å²) in [6.45, 7) is 4.04. The summed E-state index contributed by atoms with van der Waals surface area (Å²) in [5.74, 6) is -1.52. The third kappa shape index (κ3) is 9.49. The van der Waals surface area contributed by atoms with Gasteiger partial charge in [0.05, 0.1) is 29.3 Å². The molecular formula is C27H33FN3NaO6S. The van der Waals surface area contributed by atoms with Crippen molar-refractivity contribution in [1.29, 1.82) is 0 Å². The van der Waals surface area contributed by atoms with Crippen LogP contribution in [-0.2, 0) is 27.6 Å². The molecule has 12 heteroatoms. The maximum absolute atomic E-state index is 13.6. The molecule has 0 aliphatic carbocycles. The number of nitrogens with one attached hydrogen (secondary N) is 1. The fourth-order valence-electron chi connectivity index (χ4n) is 4.35. The van der Waals surface area contributed by atoms with Gasteiger partial charge in [-0.1, -0.05) is 18.2 Å². The van der Waals surface area contributed by atoms with E-state index in [4.69, 9.17) is 4.98 Å². The summed E-state index contributed by atoms with van der Waals surface area (Å²) in [6, 6.07) is 13.9. The number of carbonyl (C=O) groups is 1. The predicted octanol–water partition coefficient (Wildman–Crippen LogP) is -1.02. The van der Waals surface area contributed by atoms with Crippen molar-refractivity contribution >= 4 is 15.8 Å². The Hall–Kier alpha value is -2.12. The van der Waals surface area contributed by atoms with E-state index in [1.54, 1.807) is 30.3 Å². The molecule has 1 heterocycles. The summed E-state index contributed by atoms with van der Waals surface area (Å²) >= 11 is 0. The fraction of sp³-hybridized carbons (Fsp3) is 0.407. The molecule has 0 spiro atoms. The van der Waals surface area contributed by atoms with Gasteiger partial charge in [0.25, 0.3) is 0 Å². The average molecular weight is 570 g/mol. The second-order valence-corrected chi connectivity index (χ2v) is 11.4. The number of imidazole rings is 1. The van der Waals surface area contributed by atoms with E-state index in [1.807, 2.05) is 18.4 Å². The summed E-state index contributed by atoms with van der Waals surface area (Å²) in [5, 5.41) is 34.0. The van der Waals surface area contributed by atoms with Gasteiger partial charge in [-0.2, -0.15) is 0 Å². The van der Waals surface area contributed by atoms with Crippen LogP contribution in [0, 0.1) is 5.82 Å².